The molecule has 4 N–H and O–H groups in total. The molecule has 0 heterocycles. The number of hydrogen-bond donors (Lipinski definition) is 3. The second kappa shape index (κ2) is 9.39. The fourth-order valence-corrected chi connectivity index (χ4v) is 2.56. The summed E-state index contributed by atoms with van der Waals surface area (Å²) in [7, 11) is 0. The maximum Gasteiger partial charge on any atom is 0.281 e. The second-order valence-electron chi connectivity index (χ2n) is 5.62. The van der Waals surface area contributed by atoms with Crippen LogP contribution in [-0.2, 0) is 4.79 Å². The molecule has 2 amide bonds. The van der Waals surface area contributed by atoms with Gasteiger partial charge in [-0.15, -0.1) is 0 Å². The first kappa shape index (κ1) is 19.2. The number of nitrogens with one attached hydrogen (secondary N) is 2. The summed E-state index contributed by atoms with van der Waals surface area (Å²) in [4.78, 5) is 26.6. The molecule has 136 valence electrons. The highest BCUT2D eigenvalue weighted by Gasteiger charge is 2.13. The van der Waals surface area contributed by atoms with E-state index in [-0.39, 0.29) is 11.6 Å². The normalized spacial score (nSPS) is 11.0. The van der Waals surface area contributed by atoms with Crippen LogP contribution in [0.2, 0.25) is 0 Å². The first-order valence-corrected chi connectivity index (χ1v) is 8.53. The highest BCUT2D eigenvalue weighted by Crippen LogP contribution is 2.16. The third-order valence-corrected chi connectivity index (χ3v) is 3.99. The van der Waals surface area contributed by atoms with E-state index in [4.69, 9.17) is 5.84 Å². The molecule has 0 aliphatic heterocycles. The molecule has 2 aromatic carbocycles. The fourth-order valence-electron chi connectivity index (χ4n) is 2.56. The van der Waals surface area contributed by atoms with E-state index in [0.29, 0.717) is 5.56 Å². The minimum Gasteiger partial charge on any atom is -0.372 e. The lowest BCUT2D eigenvalue weighted by Crippen LogP contribution is -2.38. The Morgan fingerprint density at radius 2 is 1.62 bits per heavy atom. The molecule has 0 saturated carbocycles. The summed E-state index contributed by atoms with van der Waals surface area (Å²) in [6.45, 7) is 6.03. The molecule has 0 unspecified atom stereocenters. The molecule has 6 heteroatoms. The van der Waals surface area contributed by atoms with Gasteiger partial charge in [0.1, 0.15) is 5.70 Å². The van der Waals surface area contributed by atoms with Crippen LogP contribution in [0.4, 0.5) is 5.69 Å². The van der Waals surface area contributed by atoms with Gasteiger partial charge in [-0.1, -0.05) is 30.3 Å². The zero-order valence-corrected chi connectivity index (χ0v) is 15.0. The largest absolute Gasteiger partial charge is 0.372 e. The van der Waals surface area contributed by atoms with Gasteiger partial charge >= 0.3 is 0 Å². The van der Waals surface area contributed by atoms with Crippen molar-refractivity contribution in [3.05, 3.63) is 71.4 Å². The monoisotopic (exact) mass is 352 g/mol. The van der Waals surface area contributed by atoms with Crippen molar-refractivity contribution in [2.24, 2.45) is 5.84 Å². The minimum atomic E-state index is -0.567. The predicted molar refractivity (Wildman–Crippen MR) is 104 cm³/mol. The molecule has 0 aromatic heterocycles. The molecule has 0 bridgehead atoms. The Morgan fingerprint density at radius 1 is 1.00 bits per heavy atom. The van der Waals surface area contributed by atoms with Gasteiger partial charge in [-0.25, -0.2) is 5.84 Å². The lowest BCUT2D eigenvalue weighted by Gasteiger charge is -2.20. The van der Waals surface area contributed by atoms with Crippen molar-refractivity contribution in [1.82, 2.24) is 10.7 Å². The molecule has 6 nitrogen and oxygen atoms in total. The van der Waals surface area contributed by atoms with Crippen LogP contribution in [0.25, 0.3) is 6.08 Å². The van der Waals surface area contributed by atoms with Crippen molar-refractivity contribution in [2.45, 2.75) is 13.8 Å². The predicted octanol–water partition coefficient (Wildman–Crippen LogP) is 2.29. The summed E-state index contributed by atoms with van der Waals surface area (Å²) >= 11 is 0. The molecule has 0 spiro atoms. The number of hydrogen-bond acceptors (Lipinski definition) is 4. The smallest absolute Gasteiger partial charge is 0.281 e. The molecular formula is C20H24N4O2. The summed E-state index contributed by atoms with van der Waals surface area (Å²) in [5.41, 5.74) is 4.49. The highest BCUT2D eigenvalue weighted by atomic mass is 16.2. The molecule has 2 aromatic rings. The Labute approximate surface area is 153 Å². The average molecular weight is 352 g/mol. The van der Waals surface area contributed by atoms with Crippen LogP contribution >= 0.6 is 0 Å². The summed E-state index contributed by atoms with van der Waals surface area (Å²) in [5.74, 6) is 4.30. The lowest BCUT2D eigenvalue weighted by molar-refractivity contribution is -0.117. The van der Waals surface area contributed by atoms with Crippen LogP contribution in [-0.4, -0.2) is 24.9 Å². The van der Waals surface area contributed by atoms with Gasteiger partial charge < -0.3 is 10.2 Å². The van der Waals surface area contributed by atoms with Gasteiger partial charge in [-0.2, -0.15) is 0 Å². The molecule has 0 fully saturated rings. The Bertz CT molecular complexity index is 766. The molecule has 0 aliphatic carbocycles. The standard InChI is InChI=1S/C20H24N4O2/c1-3-24(4-2)17-12-10-15(11-13-17)14-18(20(26)23-21)22-19(25)16-8-6-5-7-9-16/h5-14H,3-4,21H2,1-2H3,(H,22,25)(H,23,26). The number of rotatable bonds is 7. The van der Waals surface area contributed by atoms with Gasteiger partial charge in [0, 0.05) is 24.3 Å². The van der Waals surface area contributed by atoms with Gasteiger partial charge in [0.15, 0.2) is 0 Å². The van der Waals surface area contributed by atoms with E-state index in [1.165, 1.54) is 0 Å². The number of carbonyl (C=O) groups excluding carboxylic acids is 2. The molecule has 0 aliphatic rings. The second-order valence-corrected chi connectivity index (χ2v) is 5.62. The van der Waals surface area contributed by atoms with Gasteiger partial charge in [0.25, 0.3) is 11.8 Å². The number of nitrogens with zero attached hydrogens (tertiary/aromatic N) is 1. The van der Waals surface area contributed by atoms with E-state index in [1.54, 1.807) is 30.3 Å². The number of nitrogens with two attached hydrogens (primary N) is 1. The third-order valence-electron chi connectivity index (χ3n) is 3.99. The van der Waals surface area contributed by atoms with E-state index in [1.807, 2.05) is 30.3 Å². The van der Waals surface area contributed by atoms with Crippen molar-refractivity contribution in [3.8, 4) is 0 Å². The molecule has 26 heavy (non-hydrogen) atoms. The average Bonchev–Trinajstić information content (AvgIpc) is 2.69. The Hall–Kier alpha value is -3.12. The Morgan fingerprint density at radius 3 is 2.15 bits per heavy atom. The van der Waals surface area contributed by atoms with Gasteiger partial charge in [-0.3, -0.25) is 15.0 Å². The third kappa shape index (κ3) is 4.94. The number of benzene rings is 2. The lowest BCUT2D eigenvalue weighted by atomic mass is 10.1. The quantitative estimate of drug-likeness (QED) is 0.309. The number of hydrazine groups is 1. The number of carbonyl (C=O) groups is 2. The first-order chi connectivity index (χ1) is 12.6. The highest BCUT2D eigenvalue weighted by molar-refractivity contribution is 6.05. The van der Waals surface area contributed by atoms with Crippen LogP contribution in [0.15, 0.2) is 60.3 Å². The molecule has 0 radical (unpaired) electrons. The van der Waals surface area contributed by atoms with Crippen molar-refractivity contribution in [3.63, 3.8) is 0 Å². The Balaban J connectivity index is 2.23. The summed E-state index contributed by atoms with van der Waals surface area (Å²) < 4.78 is 0. The van der Waals surface area contributed by atoms with E-state index >= 15 is 0 Å². The van der Waals surface area contributed by atoms with E-state index in [0.717, 1.165) is 24.3 Å². The zero-order chi connectivity index (χ0) is 18.9. The Kier molecular flexibility index (Phi) is 6.93. The van der Waals surface area contributed by atoms with Gasteiger partial charge in [-0.05, 0) is 49.8 Å². The molecular weight excluding hydrogens is 328 g/mol. The molecule has 0 atom stereocenters. The molecule has 0 saturated heterocycles. The summed E-state index contributed by atoms with van der Waals surface area (Å²) in [6.07, 6.45) is 1.59. The SMILES string of the molecule is CCN(CC)c1ccc(C=C(NC(=O)c2ccccc2)C(=O)NN)cc1. The van der Waals surface area contributed by atoms with E-state index in [2.05, 4.69) is 29.5 Å². The molecule has 2 rings (SSSR count). The van der Waals surface area contributed by atoms with E-state index in [9.17, 15) is 9.59 Å². The summed E-state index contributed by atoms with van der Waals surface area (Å²) in [5, 5.41) is 2.61. The van der Waals surface area contributed by atoms with Crippen molar-refractivity contribution in [2.75, 3.05) is 18.0 Å². The van der Waals surface area contributed by atoms with Crippen LogP contribution < -0.4 is 21.5 Å². The zero-order valence-electron chi connectivity index (χ0n) is 15.0. The topological polar surface area (TPSA) is 87.5 Å². The van der Waals surface area contributed by atoms with Crippen LogP contribution in [0.1, 0.15) is 29.8 Å². The van der Waals surface area contributed by atoms with Crippen LogP contribution in [0.3, 0.4) is 0 Å². The van der Waals surface area contributed by atoms with Gasteiger partial charge in [0.2, 0.25) is 0 Å². The van der Waals surface area contributed by atoms with Crippen molar-refractivity contribution in [1.29, 1.82) is 0 Å². The van der Waals surface area contributed by atoms with Crippen molar-refractivity contribution >= 4 is 23.6 Å². The maximum atomic E-state index is 12.3. The van der Waals surface area contributed by atoms with Crippen LogP contribution in [0.5, 0.6) is 0 Å². The fraction of sp³-hybridized carbons (Fsp3) is 0.200. The number of amides is 2. The summed E-state index contributed by atoms with van der Waals surface area (Å²) in [6, 6.07) is 16.4. The first-order valence-electron chi connectivity index (χ1n) is 8.53. The number of anilines is 1. The minimum absolute atomic E-state index is 0.0805. The maximum absolute atomic E-state index is 12.3. The van der Waals surface area contributed by atoms with Crippen molar-refractivity contribution < 1.29 is 9.59 Å². The van der Waals surface area contributed by atoms with Gasteiger partial charge in [0.05, 0.1) is 0 Å². The van der Waals surface area contributed by atoms with E-state index < -0.39 is 5.91 Å². The van der Waals surface area contributed by atoms with Crippen LogP contribution in [0, 0.1) is 0 Å².